The molecule has 0 saturated carbocycles. The van der Waals surface area contributed by atoms with E-state index in [2.05, 4.69) is 76.1 Å². The van der Waals surface area contributed by atoms with Gasteiger partial charge in [0.2, 0.25) is 5.95 Å². The van der Waals surface area contributed by atoms with Crippen molar-refractivity contribution in [2.75, 3.05) is 12.4 Å². The number of benzene rings is 2. The number of nitrogens with zero attached hydrogens (tertiary/aromatic N) is 5. The monoisotopic (exact) mass is 429 g/mol. The number of anilines is 2. The third-order valence-electron chi connectivity index (χ3n) is 5.70. The first-order valence-corrected chi connectivity index (χ1v) is 10.3. The molecule has 2 N–H and O–H groups in total. The minimum atomic E-state index is -0.429. The van der Waals surface area contributed by atoms with Crippen molar-refractivity contribution in [2.45, 2.75) is 32.2 Å². The van der Waals surface area contributed by atoms with Crippen LogP contribution in [0.25, 0.3) is 11.3 Å². The molecule has 0 fully saturated rings. The standard InChI is InChI=1S/C23H23N7O2/c1-23(2,3)15-10-8-13(9-11-15)20-17-18(14-6-5-7-16(12-14)32-4)25-26-21(31)19(17)24-22-27-28-29-30(20)22/h5-12,20H,1-4H3,(H,26,31)(H,24,27,29)/t20-/m0/s1. The number of nitrogens with one attached hydrogen (secondary N) is 2. The summed E-state index contributed by atoms with van der Waals surface area (Å²) in [5, 5.41) is 22.2. The number of methoxy groups -OCH3 is 1. The first-order valence-electron chi connectivity index (χ1n) is 10.3. The van der Waals surface area contributed by atoms with Gasteiger partial charge in [0.15, 0.2) is 0 Å². The van der Waals surface area contributed by atoms with Crippen molar-refractivity contribution in [3.63, 3.8) is 0 Å². The lowest BCUT2D eigenvalue weighted by atomic mass is 9.85. The van der Waals surface area contributed by atoms with Crippen LogP contribution in [0.2, 0.25) is 0 Å². The Hall–Kier alpha value is -4.01. The molecule has 2 aromatic heterocycles. The summed E-state index contributed by atoms with van der Waals surface area (Å²) in [7, 11) is 1.61. The Balaban J connectivity index is 1.75. The third-order valence-corrected chi connectivity index (χ3v) is 5.70. The van der Waals surface area contributed by atoms with Crippen LogP contribution in [0.1, 0.15) is 43.5 Å². The topological polar surface area (TPSA) is 111 Å². The Bertz CT molecular complexity index is 1350. The Kier molecular flexibility index (Phi) is 4.54. The van der Waals surface area contributed by atoms with E-state index in [1.54, 1.807) is 11.8 Å². The molecule has 3 heterocycles. The Morgan fingerprint density at radius 1 is 1.09 bits per heavy atom. The summed E-state index contributed by atoms with van der Waals surface area (Å²) in [6.45, 7) is 6.52. The van der Waals surface area contributed by atoms with Crippen LogP contribution in [-0.4, -0.2) is 37.5 Å². The number of hydrogen-bond acceptors (Lipinski definition) is 7. The van der Waals surface area contributed by atoms with Crippen LogP contribution in [0.3, 0.4) is 0 Å². The van der Waals surface area contributed by atoms with E-state index in [1.165, 1.54) is 5.56 Å². The number of aromatic amines is 1. The summed E-state index contributed by atoms with van der Waals surface area (Å²) in [6.07, 6.45) is 0. The third kappa shape index (κ3) is 3.22. The van der Waals surface area contributed by atoms with Gasteiger partial charge in [-0.25, -0.2) is 5.10 Å². The summed E-state index contributed by atoms with van der Waals surface area (Å²) in [5.74, 6) is 1.10. The molecular weight excluding hydrogens is 406 g/mol. The highest BCUT2D eigenvalue weighted by molar-refractivity contribution is 5.76. The second-order valence-electron chi connectivity index (χ2n) is 8.77. The normalized spacial score (nSPS) is 14.9. The zero-order chi connectivity index (χ0) is 22.5. The molecule has 0 bridgehead atoms. The summed E-state index contributed by atoms with van der Waals surface area (Å²) in [5.41, 5.74) is 4.36. The molecular formula is C23H23N7O2. The number of aromatic nitrogens is 6. The molecule has 9 nitrogen and oxygen atoms in total. The van der Waals surface area contributed by atoms with Crippen LogP contribution in [0, 0.1) is 0 Å². The van der Waals surface area contributed by atoms with Crippen molar-refractivity contribution < 1.29 is 4.74 Å². The van der Waals surface area contributed by atoms with Crippen molar-refractivity contribution in [3.05, 3.63) is 75.6 Å². The second-order valence-corrected chi connectivity index (χ2v) is 8.77. The smallest absolute Gasteiger partial charge is 0.288 e. The van der Waals surface area contributed by atoms with Crippen molar-refractivity contribution in [1.82, 2.24) is 30.4 Å². The number of ether oxygens (including phenoxy) is 1. The molecule has 2 aromatic carbocycles. The molecule has 32 heavy (non-hydrogen) atoms. The van der Waals surface area contributed by atoms with Crippen LogP contribution in [0.15, 0.2) is 53.3 Å². The van der Waals surface area contributed by atoms with Gasteiger partial charge in [-0.05, 0) is 39.1 Å². The van der Waals surface area contributed by atoms with Crippen molar-refractivity contribution in [2.24, 2.45) is 0 Å². The van der Waals surface area contributed by atoms with E-state index in [0.717, 1.165) is 11.1 Å². The molecule has 5 rings (SSSR count). The van der Waals surface area contributed by atoms with Gasteiger partial charge >= 0.3 is 0 Å². The first-order chi connectivity index (χ1) is 15.4. The van der Waals surface area contributed by atoms with Gasteiger partial charge in [-0.3, -0.25) is 4.79 Å². The van der Waals surface area contributed by atoms with Crippen LogP contribution in [0.4, 0.5) is 11.6 Å². The first kappa shape index (κ1) is 19.9. The molecule has 0 unspecified atom stereocenters. The molecule has 0 amide bonds. The van der Waals surface area contributed by atoms with Gasteiger partial charge in [-0.1, -0.05) is 62.3 Å². The van der Waals surface area contributed by atoms with Gasteiger partial charge < -0.3 is 10.1 Å². The fourth-order valence-electron chi connectivity index (χ4n) is 4.00. The number of rotatable bonds is 3. The van der Waals surface area contributed by atoms with E-state index < -0.39 is 6.04 Å². The number of fused-ring (bicyclic) bond motifs is 2. The minimum absolute atomic E-state index is 0.0228. The van der Waals surface area contributed by atoms with Gasteiger partial charge in [0.05, 0.1) is 12.8 Å². The van der Waals surface area contributed by atoms with Crippen molar-refractivity contribution in [3.8, 4) is 17.0 Å². The predicted molar refractivity (Wildman–Crippen MR) is 120 cm³/mol. The highest BCUT2D eigenvalue weighted by Crippen LogP contribution is 2.41. The van der Waals surface area contributed by atoms with E-state index in [4.69, 9.17) is 4.74 Å². The largest absolute Gasteiger partial charge is 0.497 e. The number of H-pyrrole nitrogens is 1. The maximum atomic E-state index is 12.8. The van der Waals surface area contributed by atoms with Crippen LogP contribution in [-0.2, 0) is 5.41 Å². The molecule has 0 radical (unpaired) electrons. The molecule has 0 aliphatic carbocycles. The summed E-state index contributed by atoms with van der Waals surface area (Å²) >= 11 is 0. The molecule has 9 heteroatoms. The molecule has 0 spiro atoms. The van der Waals surface area contributed by atoms with Gasteiger partial charge in [-0.2, -0.15) is 9.78 Å². The van der Waals surface area contributed by atoms with Crippen LogP contribution >= 0.6 is 0 Å². The average Bonchev–Trinajstić information content (AvgIpc) is 3.26. The van der Waals surface area contributed by atoms with E-state index in [1.807, 2.05) is 24.3 Å². The average molecular weight is 429 g/mol. The van der Waals surface area contributed by atoms with Crippen LogP contribution < -0.4 is 15.6 Å². The highest BCUT2D eigenvalue weighted by atomic mass is 16.5. The zero-order valence-corrected chi connectivity index (χ0v) is 18.2. The summed E-state index contributed by atoms with van der Waals surface area (Å²) in [4.78, 5) is 12.8. The highest BCUT2D eigenvalue weighted by Gasteiger charge is 2.34. The summed E-state index contributed by atoms with van der Waals surface area (Å²) < 4.78 is 7.07. The minimum Gasteiger partial charge on any atom is -0.497 e. The summed E-state index contributed by atoms with van der Waals surface area (Å²) in [6, 6.07) is 15.5. The van der Waals surface area contributed by atoms with Gasteiger partial charge in [0, 0.05) is 11.1 Å². The van der Waals surface area contributed by atoms with Gasteiger partial charge in [0.25, 0.3) is 5.56 Å². The Morgan fingerprint density at radius 2 is 1.88 bits per heavy atom. The molecule has 162 valence electrons. The molecule has 1 atom stereocenters. The van der Waals surface area contributed by atoms with Gasteiger partial charge in [0.1, 0.15) is 17.5 Å². The fraction of sp³-hybridized carbons (Fsp3) is 0.261. The Labute approximate surface area is 184 Å². The fourth-order valence-corrected chi connectivity index (χ4v) is 4.00. The molecule has 0 saturated heterocycles. The maximum Gasteiger partial charge on any atom is 0.288 e. The van der Waals surface area contributed by atoms with Crippen molar-refractivity contribution >= 4 is 11.6 Å². The van der Waals surface area contributed by atoms with E-state index in [-0.39, 0.29) is 11.0 Å². The molecule has 1 aliphatic rings. The maximum absolute atomic E-state index is 12.8. The lowest BCUT2D eigenvalue weighted by Crippen LogP contribution is -2.29. The predicted octanol–water partition coefficient (Wildman–Crippen LogP) is 3.42. The lowest BCUT2D eigenvalue weighted by Gasteiger charge is -2.28. The number of tetrazole rings is 1. The quantitative estimate of drug-likeness (QED) is 0.452. The molecule has 1 aliphatic heterocycles. The molecule has 4 aromatic rings. The Morgan fingerprint density at radius 3 is 2.59 bits per heavy atom. The SMILES string of the molecule is COc1cccc(-c2n[nH]c(=O)c3c2[C@H](c2ccc(C(C)(C)C)cc2)n2nnnc2N3)c1. The van der Waals surface area contributed by atoms with Crippen LogP contribution in [0.5, 0.6) is 5.75 Å². The van der Waals surface area contributed by atoms with E-state index in [0.29, 0.717) is 28.6 Å². The second kappa shape index (κ2) is 7.30. The van der Waals surface area contributed by atoms with Gasteiger partial charge in [-0.15, -0.1) is 0 Å². The zero-order valence-electron chi connectivity index (χ0n) is 18.2. The lowest BCUT2D eigenvalue weighted by molar-refractivity contribution is 0.415. The van der Waals surface area contributed by atoms with E-state index in [9.17, 15) is 4.79 Å². The van der Waals surface area contributed by atoms with Crippen molar-refractivity contribution in [1.29, 1.82) is 0 Å². The van der Waals surface area contributed by atoms with E-state index >= 15 is 0 Å². The number of hydrogen-bond donors (Lipinski definition) is 2.